The Morgan fingerprint density at radius 2 is 0.877 bits per heavy atom. The van der Waals surface area contributed by atoms with Crippen molar-refractivity contribution in [3.63, 3.8) is 0 Å². The van der Waals surface area contributed by atoms with E-state index >= 15 is 0 Å². The van der Waals surface area contributed by atoms with Crippen molar-refractivity contribution in [1.82, 2.24) is 9.97 Å². The van der Waals surface area contributed by atoms with Crippen molar-refractivity contribution in [3.05, 3.63) is 217 Å². The van der Waals surface area contributed by atoms with Crippen molar-refractivity contribution < 1.29 is 4.42 Å². The Kier molecular flexibility index (Phi) is 7.61. The number of furan rings is 1. The smallest absolute Gasteiger partial charge is 0.160 e. The first kappa shape index (κ1) is 33.0. The minimum absolute atomic E-state index is 0.395. The van der Waals surface area contributed by atoms with Crippen LogP contribution in [0.1, 0.15) is 23.6 Å². The normalized spacial score (nSPS) is 12.8. The molecule has 10 aromatic rings. The molecule has 3 nitrogen and oxygen atoms in total. The van der Waals surface area contributed by atoms with Crippen LogP contribution in [0.5, 0.6) is 0 Å². The van der Waals surface area contributed by atoms with Gasteiger partial charge >= 0.3 is 0 Å². The summed E-state index contributed by atoms with van der Waals surface area (Å²) in [6, 6.07) is 71.0. The third-order valence-electron chi connectivity index (χ3n) is 11.8. The van der Waals surface area contributed by atoms with Gasteiger partial charge in [-0.1, -0.05) is 170 Å². The Labute approximate surface area is 331 Å². The van der Waals surface area contributed by atoms with Crippen molar-refractivity contribution in [2.45, 2.75) is 12.3 Å². The van der Waals surface area contributed by atoms with Crippen LogP contribution in [-0.2, 0) is 5.41 Å². The molecule has 0 radical (unpaired) electrons. The van der Waals surface area contributed by atoms with Crippen molar-refractivity contribution in [2.24, 2.45) is 0 Å². The topological polar surface area (TPSA) is 38.9 Å². The van der Waals surface area contributed by atoms with E-state index in [0.29, 0.717) is 5.82 Å². The fourth-order valence-electron chi connectivity index (χ4n) is 9.04. The van der Waals surface area contributed by atoms with E-state index in [2.05, 4.69) is 189 Å². The van der Waals surface area contributed by atoms with E-state index in [1.54, 1.807) is 0 Å². The summed E-state index contributed by atoms with van der Waals surface area (Å²) < 4.78 is 6.58. The van der Waals surface area contributed by atoms with Gasteiger partial charge in [0.25, 0.3) is 0 Å². The summed E-state index contributed by atoms with van der Waals surface area (Å²) in [5.41, 5.74) is 16.8. The van der Waals surface area contributed by atoms with Crippen LogP contribution in [0.4, 0.5) is 0 Å². The third-order valence-corrected chi connectivity index (χ3v) is 11.8. The summed E-state index contributed by atoms with van der Waals surface area (Å²) in [6.07, 6.45) is 0. The van der Waals surface area contributed by atoms with E-state index in [4.69, 9.17) is 14.4 Å². The molecule has 0 unspecified atom stereocenters. The average molecular weight is 729 g/mol. The molecule has 1 aliphatic rings. The molecule has 1 aliphatic carbocycles. The van der Waals surface area contributed by atoms with Crippen LogP contribution in [0.2, 0.25) is 0 Å². The zero-order chi connectivity index (χ0) is 37.9. The number of hydrogen-bond acceptors (Lipinski definition) is 3. The quantitative estimate of drug-likeness (QED) is 0.171. The van der Waals surface area contributed by atoms with Crippen LogP contribution in [0.25, 0.3) is 89.2 Å². The maximum Gasteiger partial charge on any atom is 0.160 e. The Hall–Kier alpha value is -7.36. The van der Waals surface area contributed by atoms with Crippen molar-refractivity contribution >= 4 is 21.9 Å². The molecule has 2 aromatic heterocycles. The molecule has 0 fully saturated rings. The predicted octanol–water partition coefficient (Wildman–Crippen LogP) is 14.0. The van der Waals surface area contributed by atoms with Crippen LogP contribution in [0.15, 0.2) is 205 Å². The molecule has 0 N–H and O–H groups in total. The minimum atomic E-state index is -0.395. The Balaban J connectivity index is 1.16. The molecule has 0 spiro atoms. The summed E-state index contributed by atoms with van der Waals surface area (Å²) in [4.78, 5) is 10.7. The molecule has 57 heavy (non-hydrogen) atoms. The second-order valence-electron chi connectivity index (χ2n) is 15.0. The van der Waals surface area contributed by atoms with Crippen molar-refractivity contribution in [3.8, 4) is 67.3 Å². The maximum absolute atomic E-state index is 6.58. The van der Waals surface area contributed by atoms with Crippen molar-refractivity contribution in [1.29, 1.82) is 0 Å². The first-order chi connectivity index (χ1) is 28.1. The highest BCUT2D eigenvalue weighted by atomic mass is 16.3. The molecule has 3 heteroatoms. The van der Waals surface area contributed by atoms with E-state index in [-0.39, 0.29) is 0 Å². The highest BCUT2D eigenvalue weighted by molar-refractivity contribution is 6.09. The number of para-hydroxylation sites is 2. The lowest BCUT2D eigenvalue weighted by atomic mass is 9.72. The number of rotatable bonds is 6. The molecule has 0 saturated heterocycles. The molecular weight excluding hydrogens is 693 g/mol. The largest absolute Gasteiger partial charge is 0.455 e. The van der Waals surface area contributed by atoms with Gasteiger partial charge in [-0.25, -0.2) is 9.97 Å². The minimum Gasteiger partial charge on any atom is -0.455 e. The molecule has 8 aromatic carbocycles. The van der Waals surface area contributed by atoms with Crippen LogP contribution in [-0.4, -0.2) is 9.97 Å². The monoisotopic (exact) mass is 728 g/mol. The summed E-state index contributed by atoms with van der Waals surface area (Å²) in [6.45, 7) is 2.37. The molecule has 0 amide bonds. The van der Waals surface area contributed by atoms with E-state index in [0.717, 1.165) is 72.3 Å². The Morgan fingerprint density at radius 1 is 0.368 bits per heavy atom. The van der Waals surface area contributed by atoms with Gasteiger partial charge in [-0.3, -0.25) is 0 Å². The van der Waals surface area contributed by atoms with E-state index in [1.165, 1.54) is 27.8 Å². The highest BCUT2D eigenvalue weighted by Gasteiger charge is 2.41. The number of hydrogen-bond donors (Lipinski definition) is 0. The van der Waals surface area contributed by atoms with Crippen LogP contribution < -0.4 is 0 Å². The second-order valence-corrected chi connectivity index (χ2v) is 15.0. The number of aromatic nitrogens is 2. The molecule has 0 atom stereocenters. The first-order valence-corrected chi connectivity index (χ1v) is 19.5. The lowest BCUT2D eigenvalue weighted by Crippen LogP contribution is -2.23. The number of nitrogens with zero attached hydrogens (tertiary/aromatic N) is 2. The van der Waals surface area contributed by atoms with Crippen molar-refractivity contribution in [2.75, 3.05) is 0 Å². The average Bonchev–Trinajstić information content (AvgIpc) is 3.80. The van der Waals surface area contributed by atoms with Gasteiger partial charge in [-0.15, -0.1) is 0 Å². The summed E-state index contributed by atoms with van der Waals surface area (Å²) in [5.74, 6) is 0.682. The van der Waals surface area contributed by atoms with Gasteiger partial charge in [-0.05, 0) is 81.8 Å². The van der Waals surface area contributed by atoms with Gasteiger partial charge in [0.05, 0.1) is 11.4 Å². The first-order valence-electron chi connectivity index (χ1n) is 19.5. The third kappa shape index (κ3) is 5.35. The molecule has 0 bridgehead atoms. The molecule has 0 saturated carbocycles. The highest BCUT2D eigenvalue weighted by Crippen LogP contribution is 2.54. The lowest BCUT2D eigenvalue weighted by Gasteiger charge is -2.30. The fourth-order valence-corrected chi connectivity index (χ4v) is 9.04. The molecule has 268 valence electrons. The zero-order valence-corrected chi connectivity index (χ0v) is 31.4. The van der Waals surface area contributed by atoms with Gasteiger partial charge in [0.15, 0.2) is 5.82 Å². The second kappa shape index (κ2) is 13.1. The molecule has 2 heterocycles. The Morgan fingerprint density at radius 3 is 1.60 bits per heavy atom. The summed E-state index contributed by atoms with van der Waals surface area (Å²) in [7, 11) is 0. The predicted molar refractivity (Wildman–Crippen MR) is 234 cm³/mol. The van der Waals surface area contributed by atoms with E-state index in [9.17, 15) is 0 Å². The standard InChI is InChI=1S/C54H36N2O/c1-54(46-27-12-8-21-41(46)42-22-9-13-28-47(42)54)48-29-14-10-24-45(48)50-34-49(55-53(56-50)36-19-6-3-7-20-36)39-32-37(35-17-4-2-5-18-35)31-38(33-39)40-25-16-26-44-43-23-11-15-30-51(43)57-52(40)44/h2-34H,1H3. The van der Waals surface area contributed by atoms with Gasteiger partial charge in [0.1, 0.15) is 11.2 Å². The van der Waals surface area contributed by atoms with Gasteiger partial charge in [0.2, 0.25) is 0 Å². The Bertz CT molecular complexity index is 3100. The van der Waals surface area contributed by atoms with Crippen LogP contribution in [0.3, 0.4) is 0 Å². The van der Waals surface area contributed by atoms with Crippen LogP contribution in [0, 0.1) is 0 Å². The zero-order valence-electron chi connectivity index (χ0n) is 31.4. The maximum atomic E-state index is 6.58. The van der Waals surface area contributed by atoms with Gasteiger partial charge in [0, 0.05) is 38.4 Å². The molecule has 0 aliphatic heterocycles. The summed E-state index contributed by atoms with van der Waals surface area (Å²) >= 11 is 0. The van der Waals surface area contributed by atoms with Gasteiger partial charge in [-0.2, -0.15) is 0 Å². The van der Waals surface area contributed by atoms with E-state index < -0.39 is 5.41 Å². The molecular formula is C54H36N2O. The number of benzene rings is 8. The van der Waals surface area contributed by atoms with Crippen LogP contribution >= 0.6 is 0 Å². The van der Waals surface area contributed by atoms with E-state index in [1.807, 2.05) is 18.2 Å². The lowest BCUT2D eigenvalue weighted by molar-refractivity contribution is 0.670. The fraction of sp³-hybridized carbons (Fsp3) is 0.0370. The van der Waals surface area contributed by atoms with Gasteiger partial charge < -0.3 is 4.42 Å². The number of fused-ring (bicyclic) bond motifs is 6. The summed E-state index contributed by atoms with van der Waals surface area (Å²) in [5, 5.41) is 2.22. The molecule has 11 rings (SSSR count). The SMILES string of the molecule is CC1(c2ccccc2-c2cc(-c3cc(-c4ccccc4)cc(-c4cccc5c4oc4ccccc45)c3)nc(-c3ccccc3)n2)c2ccccc2-c2ccccc21.